The van der Waals surface area contributed by atoms with Crippen LogP contribution in [0, 0.1) is 23.1 Å². The third-order valence-corrected chi connectivity index (χ3v) is 4.52. The van der Waals surface area contributed by atoms with Crippen LogP contribution in [-0.4, -0.2) is 28.9 Å². The number of H-pyrrole nitrogens is 1. The first kappa shape index (κ1) is 16.2. The molecule has 1 saturated heterocycles. The number of likely N-dealkylation sites (tertiary alicyclic amines) is 1. The molecule has 0 unspecified atom stereocenters. The van der Waals surface area contributed by atoms with Crippen LogP contribution in [0.3, 0.4) is 0 Å². The summed E-state index contributed by atoms with van der Waals surface area (Å²) in [5.74, 6) is -0.357. The second-order valence-electron chi connectivity index (χ2n) is 6.14. The van der Waals surface area contributed by atoms with Crippen LogP contribution in [0.15, 0.2) is 29.1 Å². The summed E-state index contributed by atoms with van der Waals surface area (Å²) in [6.45, 7) is 1.20. The lowest BCUT2D eigenvalue weighted by Gasteiger charge is -2.29. The first-order chi connectivity index (χ1) is 11.6. The monoisotopic (exact) mass is 327 g/mol. The Hall–Kier alpha value is -2.68. The van der Waals surface area contributed by atoms with Gasteiger partial charge in [0.15, 0.2) is 0 Å². The molecule has 6 heteroatoms. The van der Waals surface area contributed by atoms with Crippen LogP contribution in [-0.2, 0) is 11.2 Å². The van der Waals surface area contributed by atoms with Gasteiger partial charge in [-0.25, -0.2) is 4.39 Å². The molecule has 0 saturated carbocycles. The number of nitrogens with one attached hydrogen (secondary N) is 1. The minimum atomic E-state index is -0.401. The maximum Gasteiger partial charge on any atom is 0.251 e. The Morgan fingerprint density at radius 3 is 2.79 bits per heavy atom. The van der Waals surface area contributed by atoms with Gasteiger partial charge in [-0.05, 0) is 48.9 Å². The van der Waals surface area contributed by atoms with Crippen molar-refractivity contribution < 1.29 is 9.18 Å². The van der Waals surface area contributed by atoms with Gasteiger partial charge in [-0.2, -0.15) is 5.26 Å². The molecule has 0 atom stereocenters. The molecule has 1 aliphatic heterocycles. The zero-order valence-electron chi connectivity index (χ0n) is 13.2. The number of aryl methyl sites for hydroxylation is 1. The van der Waals surface area contributed by atoms with Gasteiger partial charge in [-0.1, -0.05) is 0 Å². The van der Waals surface area contributed by atoms with E-state index in [9.17, 15) is 14.0 Å². The van der Waals surface area contributed by atoms with Gasteiger partial charge >= 0.3 is 0 Å². The molecule has 0 spiro atoms. The highest BCUT2D eigenvalue weighted by molar-refractivity contribution is 5.79. The molecule has 1 N–H and O–H groups in total. The van der Waals surface area contributed by atoms with E-state index in [1.54, 1.807) is 17.0 Å². The standard InChI is InChI=1S/C18H18FN3O2/c19-15-3-1-13-9-14(18(24)21-16(13)10-15)2-4-17(23)22-7-5-12(11-20)6-8-22/h1,3,9-10,12H,2,4-8H2,(H,21,24). The predicted molar refractivity (Wildman–Crippen MR) is 87.8 cm³/mol. The summed E-state index contributed by atoms with van der Waals surface area (Å²) in [7, 11) is 0. The molecule has 0 bridgehead atoms. The van der Waals surface area contributed by atoms with Gasteiger partial charge < -0.3 is 9.88 Å². The van der Waals surface area contributed by atoms with E-state index >= 15 is 0 Å². The Morgan fingerprint density at radius 2 is 2.08 bits per heavy atom. The van der Waals surface area contributed by atoms with Gasteiger partial charge in [0, 0.05) is 31.0 Å². The van der Waals surface area contributed by atoms with Crippen molar-refractivity contribution >= 4 is 16.8 Å². The number of hydrogen-bond donors (Lipinski definition) is 1. The van der Waals surface area contributed by atoms with E-state index in [4.69, 9.17) is 5.26 Å². The molecule has 124 valence electrons. The Bertz CT molecular complexity index is 861. The summed E-state index contributed by atoms with van der Waals surface area (Å²) in [5, 5.41) is 9.63. The van der Waals surface area contributed by atoms with Crippen molar-refractivity contribution in [1.82, 2.24) is 9.88 Å². The largest absolute Gasteiger partial charge is 0.343 e. The van der Waals surface area contributed by atoms with Crippen molar-refractivity contribution in [1.29, 1.82) is 5.26 Å². The fourth-order valence-electron chi connectivity index (χ4n) is 3.06. The lowest BCUT2D eigenvalue weighted by molar-refractivity contribution is -0.132. The average Bonchev–Trinajstić information content (AvgIpc) is 2.59. The second-order valence-corrected chi connectivity index (χ2v) is 6.14. The number of amides is 1. The summed E-state index contributed by atoms with van der Waals surface area (Å²) in [5.41, 5.74) is 0.687. The minimum Gasteiger partial charge on any atom is -0.343 e. The van der Waals surface area contributed by atoms with E-state index in [1.165, 1.54) is 12.1 Å². The number of piperidine rings is 1. The summed E-state index contributed by atoms with van der Waals surface area (Å²) >= 11 is 0. The van der Waals surface area contributed by atoms with Gasteiger partial charge in [0.25, 0.3) is 5.56 Å². The topological polar surface area (TPSA) is 77.0 Å². The number of halogens is 1. The van der Waals surface area contributed by atoms with Crippen molar-refractivity contribution in [2.75, 3.05) is 13.1 Å². The molecule has 1 aromatic heterocycles. The van der Waals surface area contributed by atoms with Gasteiger partial charge in [0.05, 0.1) is 11.6 Å². The minimum absolute atomic E-state index is 0.00462. The molecule has 1 aromatic carbocycles. The highest BCUT2D eigenvalue weighted by Gasteiger charge is 2.22. The molecule has 1 amide bonds. The van der Waals surface area contributed by atoms with E-state index in [0.29, 0.717) is 43.4 Å². The number of nitriles is 1. The molecule has 1 fully saturated rings. The number of fused-ring (bicyclic) bond motifs is 1. The number of aromatic nitrogens is 1. The van der Waals surface area contributed by atoms with E-state index in [-0.39, 0.29) is 23.8 Å². The highest BCUT2D eigenvalue weighted by atomic mass is 19.1. The molecular weight excluding hydrogens is 309 g/mol. The third kappa shape index (κ3) is 3.46. The molecular formula is C18H18FN3O2. The second kappa shape index (κ2) is 6.83. The van der Waals surface area contributed by atoms with Crippen molar-refractivity contribution in [3.8, 4) is 6.07 Å². The van der Waals surface area contributed by atoms with Gasteiger partial charge in [-0.15, -0.1) is 0 Å². The number of carbonyl (C=O) groups is 1. The lowest BCUT2D eigenvalue weighted by Crippen LogP contribution is -2.38. The van der Waals surface area contributed by atoms with Crippen LogP contribution in [0.25, 0.3) is 10.9 Å². The number of carbonyl (C=O) groups excluding carboxylic acids is 1. The summed E-state index contributed by atoms with van der Waals surface area (Å²) in [4.78, 5) is 28.8. The van der Waals surface area contributed by atoms with E-state index in [2.05, 4.69) is 11.1 Å². The number of rotatable bonds is 3. The average molecular weight is 327 g/mol. The normalized spacial score (nSPS) is 15.4. The molecule has 2 heterocycles. The number of nitrogens with zero attached hydrogens (tertiary/aromatic N) is 2. The molecule has 5 nitrogen and oxygen atoms in total. The Kier molecular flexibility index (Phi) is 4.61. The molecule has 3 rings (SSSR count). The van der Waals surface area contributed by atoms with Crippen molar-refractivity contribution in [3.05, 3.63) is 46.0 Å². The maximum atomic E-state index is 13.2. The Balaban J connectivity index is 1.66. The number of hydrogen-bond acceptors (Lipinski definition) is 3. The number of benzene rings is 1. The molecule has 24 heavy (non-hydrogen) atoms. The van der Waals surface area contributed by atoms with Crippen molar-refractivity contribution in [2.24, 2.45) is 5.92 Å². The van der Waals surface area contributed by atoms with Crippen LogP contribution < -0.4 is 5.56 Å². The SMILES string of the molecule is N#CC1CCN(C(=O)CCc2cc3ccc(F)cc3[nH]c2=O)CC1. The molecule has 2 aromatic rings. The Morgan fingerprint density at radius 1 is 1.33 bits per heavy atom. The first-order valence-corrected chi connectivity index (χ1v) is 8.05. The quantitative estimate of drug-likeness (QED) is 0.940. The van der Waals surface area contributed by atoms with Crippen LogP contribution in [0.2, 0.25) is 0 Å². The third-order valence-electron chi connectivity index (χ3n) is 4.52. The van der Waals surface area contributed by atoms with E-state index in [0.717, 1.165) is 5.39 Å². The van der Waals surface area contributed by atoms with Gasteiger partial charge in [0.2, 0.25) is 5.91 Å². The van der Waals surface area contributed by atoms with Crippen LogP contribution in [0.5, 0.6) is 0 Å². The predicted octanol–water partition coefficient (Wildman–Crippen LogP) is 2.36. The van der Waals surface area contributed by atoms with Crippen molar-refractivity contribution in [3.63, 3.8) is 0 Å². The Labute approximate surface area is 138 Å². The van der Waals surface area contributed by atoms with Crippen molar-refractivity contribution in [2.45, 2.75) is 25.7 Å². The lowest BCUT2D eigenvalue weighted by atomic mass is 9.98. The van der Waals surface area contributed by atoms with Crippen LogP contribution >= 0.6 is 0 Å². The molecule has 1 aliphatic rings. The highest BCUT2D eigenvalue weighted by Crippen LogP contribution is 2.18. The summed E-state index contributed by atoms with van der Waals surface area (Å²) < 4.78 is 13.2. The summed E-state index contributed by atoms with van der Waals surface area (Å²) in [6, 6.07) is 8.19. The molecule has 0 radical (unpaired) electrons. The van der Waals surface area contributed by atoms with E-state index in [1.807, 2.05) is 0 Å². The van der Waals surface area contributed by atoms with Crippen LogP contribution in [0.1, 0.15) is 24.8 Å². The van der Waals surface area contributed by atoms with Gasteiger partial charge in [-0.3, -0.25) is 9.59 Å². The fraction of sp³-hybridized carbons (Fsp3) is 0.389. The van der Waals surface area contributed by atoms with Gasteiger partial charge in [0.1, 0.15) is 5.82 Å². The zero-order chi connectivity index (χ0) is 17.1. The number of pyridine rings is 1. The molecule has 0 aliphatic carbocycles. The zero-order valence-corrected chi connectivity index (χ0v) is 13.2. The summed E-state index contributed by atoms with van der Waals surface area (Å²) in [6.07, 6.45) is 2.03. The maximum absolute atomic E-state index is 13.2. The fourth-order valence-corrected chi connectivity index (χ4v) is 3.06. The van der Waals surface area contributed by atoms with E-state index < -0.39 is 5.82 Å². The first-order valence-electron chi connectivity index (χ1n) is 8.05. The van der Waals surface area contributed by atoms with Crippen LogP contribution in [0.4, 0.5) is 4.39 Å². The smallest absolute Gasteiger partial charge is 0.251 e. The number of aromatic amines is 1.